The zero-order chi connectivity index (χ0) is 43.4. The smallest absolute Gasteiger partial charge is 0.0462 e. The van der Waals surface area contributed by atoms with Gasteiger partial charge in [0.05, 0.1) is 0 Å². The van der Waals surface area contributed by atoms with E-state index in [0.717, 1.165) is 39.8 Å². The highest BCUT2D eigenvalue weighted by molar-refractivity contribution is 5.98. The molecular weight excluding hydrogens is 787 g/mol. The molecule has 0 unspecified atom stereocenters. The van der Waals surface area contributed by atoms with Crippen LogP contribution in [0.1, 0.15) is 0 Å². The van der Waals surface area contributed by atoms with Gasteiger partial charge in [-0.05, 0) is 151 Å². The fourth-order valence-electron chi connectivity index (χ4n) is 8.88. The third-order valence-corrected chi connectivity index (χ3v) is 12.3. The fraction of sp³-hybridized carbons (Fsp3) is 0. The molecule has 0 bridgehead atoms. The number of fused-ring (bicyclic) bond motifs is 2. The van der Waals surface area contributed by atoms with Crippen molar-refractivity contribution < 1.29 is 0 Å². The normalized spacial score (nSPS) is 11.1. The van der Waals surface area contributed by atoms with E-state index in [4.69, 9.17) is 0 Å². The molecule has 11 rings (SSSR count). The molecule has 2 N–H and O–H groups in total. The van der Waals surface area contributed by atoms with Crippen LogP contribution < -0.4 is 15.5 Å². The molecular formula is C62H45N3. The molecule has 0 saturated heterocycles. The maximum atomic E-state index is 3.58. The summed E-state index contributed by atoms with van der Waals surface area (Å²) in [6.07, 6.45) is 0. The van der Waals surface area contributed by atoms with E-state index in [-0.39, 0.29) is 0 Å². The summed E-state index contributed by atoms with van der Waals surface area (Å²) in [5.41, 5.74) is 17.1. The van der Waals surface area contributed by atoms with E-state index in [0.29, 0.717) is 0 Å². The second-order valence-corrected chi connectivity index (χ2v) is 16.4. The van der Waals surface area contributed by atoms with Crippen molar-refractivity contribution in [3.63, 3.8) is 0 Å². The van der Waals surface area contributed by atoms with Crippen molar-refractivity contribution in [3.05, 3.63) is 261 Å². The highest BCUT2D eigenvalue weighted by Gasteiger charge is 2.14. The standard InChI is InChI=1S/C62H45N3/c1-2-14-56(15-3-1)65(57-40-28-46(29-41-57)44-20-32-52(33-21-44)63-54-36-24-50(25-37-54)61-18-8-12-48-10-4-6-16-59(48)61)58-42-30-47(31-43-58)45-22-34-53(35-23-45)64-55-38-26-51(27-39-55)62-19-9-13-49-11-5-7-17-60(49)62/h1-43,63-64H. The van der Waals surface area contributed by atoms with E-state index in [1.54, 1.807) is 0 Å². The van der Waals surface area contributed by atoms with Crippen LogP contribution in [0.4, 0.5) is 39.8 Å². The number of rotatable bonds is 11. The van der Waals surface area contributed by atoms with Gasteiger partial charge in [-0.25, -0.2) is 0 Å². The number of benzene rings is 11. The Hall–Kier alpha value is -8.66. The van der Waals surface area contributed by atoms with E-state index in [2.05, 4.69) is 276 Å². The van der Waals surface area contributed by atoms with Gasteiger partial charge in [0.15, 0.2) is 0 Å². The zero-order valence-corrected chi connectivity index (χ0v) is 35.8. The minimum Gasteiger partial charge on any atom is -0.356 e. The highest BCUT2D eigenvalue weighted by Crippen LogP contribution is 2.38. The van der Waals surface area contributed by atoms with Gasteiger partial charge in [0.25, 0.3) is 0 Å². The lowest BCUT2D eigenvalue weighted by molar-refractivity contribution is 1.28. The Morgan fingerprint density at radius 2 is 0.508 bits per heavy atom. The summed E-state index contributed by atoms with van der Waals surface area (Å²) in [6.45, 7) is 0. The SMILES string of the molecule is c1ccc(N(c2ccc(-c3ccc(Nc4ccc(-c5cccc6ccccc56)cc4)cc3)cc2)c2ccc(-c3ccc(Nc4ccc(-c5cccc6ccccc56)cc4)cc3)cc2)cc1. The van der Waals surface area contributed by atoms with Gasteiger partial charge in [0.2, 0.25) is 0 Å². The van der Waals surface area contributed by atoms with Crippen LogP contribution >= 0.6 is 0 Å². The van der Waals surface area contributed by atoms with Crippen molar-refractivity contribution in [2.45, 2.75) is 0 Å². The van der Waals surface area contributed by atoms with Crippen molar-refractivity contribution in [2.75, 3.05) is 15.5 Å². The molecule has 0 aliphatic heterocycles. The second kappa shape index (κ2) is 17.6. The third kappa shape index (κ3) is 8.35. The van der Waals surface area contributed by atoms with Gasteiger partial charge >= 0.3 is 0 Å². The zero-order valence-electron chi connectivity index (χ0n) is 35.8. The highest BCUT2D eigenvalue weighted by atomic mass is 15.1. The average molecular weight is 832 g/mol. The van der Waals surface area contributed by atoms with Gasteiger partial charge in [0, 0.05) is 39.8 Å². The quantitative estimate of drug-likeness (QED) is 0.136. The maximum Gasteiger partial charge on any atom is 0.0462 e. The van der Waals surface area contributed by atoms with Crippen molar-refractivity contribution in [1.29, 1.82) is 0 Å². The van der Waals surface area contributed by atoms with E-state index in [1.807, 2.05) is 0 Å². The molecule has 11 aromatic rings. The van der Waals surface area contributed by atoms with E-state index < -0.39 is 0 Å². The lowest BCUT2D eigenvalue weighted by atomic mass is 9.98. The topological polar surface area (TPSA) is 27.3 Å². The summed E-state index contributed by atoms with van der Waals surface area (Å²) < 4.78 is 0. The third-order valence-electron chi connectivity index (χ3n) is 12.3. The summed E-state index contributed by atoms with van der Waals surface area (Å²) in [5, 5.41) is 12.2. The number of para-hydroxylation sites is 1. The van der Waals surface area contributed by atoms with Crippen LogP contribution in [-0.4, -0.2) is 0 Å². The van der Waals surface area contributed by atoms with Crippen LogP contribution in [0.25, 0.3) is 66.1 Å². The van der Waals surface area contributed by atoms with Gasteiger partial charge in [-0.3, -0.25) is 0 Å². The molecule has 0 aliphatic rings. The molecule has 0 aliphatic carbocycles. The van der Waals surface area contributed by atoms with E-state index in [1.165, 1.54) is 66.1 Å². The Bertz CT molecular complexity index is 3140. The van der Waals surface area contributed by atoms with Crippen molar-refractivity contribution >= 4 is 61.4 Å². The van der Waals surface area contributed by atoms with Crippen LogP contribution in [0.2, 0.25) is 0 Å². The average Bonchev–Trinajstić information content (AvgIpc) is 3.38. The molecule has 0 aromatic heterocycles. The number of nitrogens with one attached hydrogen (secondary N) is 2. The van der Waals surface area contributed by atoms with Crippen LogP contribution in [0, 0.1) is 0 Å². The molecule has 0 spiro atoms. The van der Waals surface area contributed by atoms with Crippen molar-refractivity contribution in [1.82, 2.24) is 0 Å². The number of hydrogen-bond acceptors (Lipinski definition) is 3. The van der Waals surface area contributed by atoms with Crippen LogP contribution in [-0.2, 0) is 0 Å². The Morgan fingerprint density at radius 3 is 0.892 bits per heavy atom. The Labute approximate surface area is 380 Å². The molecule has 0 atom stereocenters. The molecule has 3 heteroatoms. The minimum absolute atomic E-state index is 1.05. The molecule has 0 radical (unpaired) electrons. The summed E-state index contributed by atoms with van der Waals surface area (Å²) >= 11 is 0. The predicted octanol–water partition coefficient (Wildman–Crippen LogP) is 17.6. The first-order valence-electron chi connectivity index (χ1n) is 22.2. The maximum absolute atomic E-state index is 3.58. The van der Waals surface area contributed by atoms with Gasteiger partial charge in [0.1, 0.15) is 0 Å². The summed E-state index contributed by atoms with van der Waals surface area (Å²) in [4.78, 5) is 2.31. The Morgan fingerprint density at radius 1 is 0.215 bits per heavy atom. The van der Waals surface area contributed by atoms with Crippen molar-refractivity contribution in [2.24, 2.45) is 0 Å². The molecule has 0 fully saturated rings. The molecule has 3 nitrogen and oxygen atoms in total. The molecule has 308 valence electrons. The molecule has 0 amide bonds. The lowest BCUT2D eigenvalue weighted by Crippen LogP contribution is -2.09. The number of hydrogen-bond donors (Lipinski definition) is 2. The second-order valence-electron chi connectivity index (χ2n) is 16.4. The summed E-state index contributed by atoms with van der Waals surface area (Å²) in [6, 6.07) is 93.1. The number of anilines is 7. The van der Waals surface area contributed by atoms with Crippen LogP contribution in [0.15, 0.2) is 261 Å². The fourth-order valence-corrected chi connectivity index (χ4v) is 8.88. The first-order valence-corrected chi connectivity index (χ1v) is 22.2. The molecule has 0 saturated carbocycles. The van der Waals surface area contributed by atoms with Gasteiger partial charge in [-0.2, -0.15) is 0 Å². The van der Waals surface area contributed by atoms with E-state index in [9.17, 15) is 0 Å². The van der Waals surface area contributed by atoms with E-state index >= 15 is 0 Å². The monoisotopic (exact) mass is 831 g/mol. The van der Waals surface area contributed by atoms with Crippen molar-refractivity contribution in [3.8, 4) is 44.5 Å². The van der Waals surface area contributed by atoms with Gasteiger partial charge in [-0.1, -0.05) is 176 Å². The molecule has 11 aromatic carbocycles. The summed E-state index contributed by atoms with van der Waals surface area (Å²) in [7, 11) is 0. The van der Waals surface area contributed by atoms with Crippen LogP contribution in [0.5, 0.6) is 0 Å². The largest absolute Gasteiger partial charge is 0.356 e. The Balaban J connectivity index is 0.758. The first-order chi connectivity index (χ1) is 32.2. The van der Waals surface area contributed by atoms with Crippen LogP contribution in [0.3, 0.4) is 0 Å². The minimum atomic E-state index is 1.05. The number of nitrogens with zero attached hydrogens (tertiary/aromatic N) is 1. The first kappa shape index (κ1) is 39.2. The molecule has 65 heavy (non-hydrogen) atoms. The molecule has 0 heterocycles. The van der Waals surface area contributed by atoms with Gasteiger partial charge in [-0.15, -0.1) is 0 Å². The lowest BCUT2D eigenvalue weighted by Gasteiger charge is -2.26. The van der Waals surface area contributed by atoms with Gasteiger partial charge < -0.3 is 15.5 Å². The predicted molar refractivity (Wildman–Crippen MR) is 277 cm³/mol. The summed E-state index contributed by atoms with van der Waals surface area (Å²) in [5.74, 6) is 0. The Kier molecular flexibility index (Phi) is 10.6.